The number of carbonyl (C=O) groups is 1. The van der Waals surface area contributed by atoms with Crippen LogP contribution in [0.5, 0.6) is 0 Å². The summed E-state index contributed by atoms with van der Waals surface area (Å²) in [5.41, 5.74) is -1.97. The van der Waals surface area contributed by atoms with Crippen molar-refractivity contribution in [3.8, 4) is 0 Å². The van der Waals surface area contributed by atoms with E-state index in [2.05, 4.69) is 10.3 Å². The molecule has 9 heteroatoms. The average molecular weight is 385 g/mol. The molecule has 1 aliphatic carbocycles. The lowest BCUT2D eigenvalue weighted by Crippen LogP contribution is -2.49. The summed E-state index contributed by atoms with van der Waals surface area (Å²) in [7, 11) is 0. The molecule has 6 nitrogen and oxygen atoms in total. The van der Waals surface area contributed by atoms with Crippen molar-refractivity contribution in [3.05, 3.63) is 35.8 Å². The molecule has 2 aromatic rings. The molecule has 27 heavy (non-hydrogen) atoms. The van der Waals surface area contributed by atoms with Crippen LogP contribution in [0.3, 0.4) is 0 Å². The zero-order chi connectivity index (χ0) is 19.6. The maximum atomic E-state index is 13.4. The van der Waals surface area contributed by atoms with Crippen LogP contribution in [-0.2, 0) is 6.18 Å². The van der Waals surface area contributed by atoms with E-state index in [4.69, 9.17) is 0 Å². The number of nitrogens with one attached hydrogen (secondary N) is 1. The topological polar surface area (TPSA) is 86.9 Å². The first-order chi connectivity index (χ1) is 12.8. The van der Waals surface area contributed by atoms with Crippen molar-refractivity contribution in [2.45, 2.75) is 50.4 Å². The number of imidazole rings is 1. The third kappa shape index (κ3) is 4.08. The number of carbonyl (C=O) groups excluding carboxylic acids is 1. The number of halogens is 3. The Bertz CT molecular complexity index is 800. The Kier molecular flexibility index (Phi) is 5.71. The molecule has 0 bridgehead atoms. The maximum absolute atomic E-state index is 13.4. The van der Waals surface area contributed by atoms with Crippen LogP contribution in [0.2, 0.25) is 0 Å². The number of nitrogens with zero attached hydrogens (tertiary/aromatic N) is 2. The summed E-state index contributed by atoms with van der Waals surface area (Å²) in [6, 6.07) is 3.34. The summed E-state index contributed by atoms with van der Waals surface area (Å²) in [6.45, 7) is -0.568. The molecule has 1 amide bonds. The predicted molar refractivity (Wildman–Crippen MR) is 91.1 cm³/mol. The van der Waals surface area contributed by atoms with Gasteiger partial charge in [0, 0.05) is 6.20 Å². The summed E-state index contributed by atoms with van der Waals surface area (Å²) in [5.74, 6) is -1.13. The van der Waals surface area contributed by atoms with E-state index in [0.29, 0.717) is 0 Å². The molecule has 0 saturated heterocycles. The molecular formula is C18H22F3N3O3. The number of rotatable bonds is 5. The van der Waals surface area contributed by atoms with Gasteiger partial charge >= 0.3 is 6.18 Å². The lowest BCUT2D eigenvalue weighted by Gasteiger charge is -2.31. The predicted octanol–water partition coefficient (Wildman–Crippen LogP) is 2.38. The second kappa shape index (κ2) is 7.85. The Balaban J connectivity index is 1.88. The Morgan fingerprint density at radius 1 is 1.30 bits per heavy atom. The van der Waals surface area contributed by atoms with E-state index in [1.807, 2.05) is 0 Å². The van der Waals surface area contributed by atoms with Gasteiger partial charge in [0.1, 0.15) is 11.3 Å². The molecule has 148 valence electrons. The van der Waals surface area contributed by atoms with Gasteiger partial charge in [0.2, 0.25) is 0 Å². The molecule has 0 spiro atoms. The number of pyridine rings is 1. The van der Waals surface area contributed by atoms with Gasteiger partial charge in [-0.2, -0.15) is 13.2 Å². The molecule has 1 fully saturated rings. The van der Waals surface area contributed by atoms with Crippen LogP contribution in [0.25, 0.3) is 5.65 Å². The SMILES string of the molecule is O=C(NC(CO)C(O)C1CCCCC1)c1c(C(F)(F)F)nc2ccccn12. The molecule has 2 unspecified atom stereocenters. The van der Waals surface area contributed by atoms with E-state index in [9.17, 15) is 28.2 Å². The molecule has 2 aromatic heterocycles. The molecule has 1 saturated carbocycles. The molecular weight excluding hydrogens is 363 g/mol. The van der Waals surface area contributed by atoms with E-state index in [1.54, 1.807) is 0 Å². The first-order valence-corrected chi connectivity index (χ1v) is 8.97. The number of amides is 1. The summed E-state index contributed by atoms with van der Waals surface area (Å²) in [4.78, 5) is 16.2. The molecule has 1 aliphatic rings. The lowest BCUT2D eigenvalue weighted by molar-refractivity contribution is -0.141. The van der Waals surface area contributed by atoms with Crippen LogP contribution < -0.4 is 5.32 Å². The van der Waals surface area contributed by atoms with E-state index < -0.39 is 42.2 Å². The van der Waals surface area contributed by atoms with Gasteiger partial charge in [-0.25, -0.2) is 4.98 Å². The molecule has 2 atom stereocenters. The number of aliphatic hydroxyl groups is 2. The van der Waals surface area contributed by atoms with Crippen molar-refractivity contribution in [2.75, 3.05) is 6.61 Å². The lowest BCUT2D eigenvalue weighted by atomic mass is 9.82. The number of fused-ring (bicyclic) bond motifs is 1. The van der Waals surface area contributed by atoms with Gasteiger partial charge in [0.25, 0.3) is 5.91 Å². The Morgan fingerprint density at radius 2 is 2.00 bits per heavy atom. The van der Waals surface area contributed by atoms with E-state index in [1.165, 1.54) is 24.4 Å². The Labute approximate surface area is 154 Å². The van der Waals surface area contributed by atoms with Crippen LogP contribution in [0, 0.1) is 5.92 Å². The third-order valence-electron chi connectivity index (χ3n) is 5.07. The summed E-state index contributed by atoms with van der Waals surface area (Å²) in [6.07, 6.45) is -0.0384. The summed E-state index contributed by atoms with van der Waals surface area (Å²) < 4.78 is 41.1. The third-order valence-corrected chi connectivity index (χ3v) is 5.07. The van der Waals surface area contributed by atoms with E-state index in [0.717, 1.165) is 36.5 Å². The van der Waals surface area contributed by atoms with Crippen LogP contribution in [0.1, 0.15) is 48.3 Å². The highest BCUT2D eigenvalue weighted by Gasteiger charge is 2.41. The van der Waals surface area contributed by atoms with Crippen LogP contribution >= 0.6 is 0 Å². The Hall–Kier alpha value is -2.13. The number of hydrogen-bond acceptors (Lipinski definition) is 4. The van der Waals surface area contributed by atoms with Crippen molar-refractivity contribution in [1.29, 1.82) is 0 Å². The molecule has 3 N–H and O–H groups in total. The minimum Gasteiger partial charge on any atom is -0.394 e. The molecule has 0 aliphatic heterocycles. The standard InChI is InChI=1S/C18H22F3N3O3/c19-18(20,21)16-14(24-9-5-4-8-13(24)23-16)17(27)22-12(10-25)15(26)11-6-2-1-3-7-11/h4-5,8-9,11-12,15,25-26H,1-3,6-7,10H2,(H,22,27). The first-order valence-electron chi connectivity index (χ1n) is 8.97. The van der Waals surface area contributed by atoms with Crippen molar-refractivity contribution in [3.63, 3.8) is 0 Å². The number of hydrogen-bond donors (Lipinski definition) is 3. The number of aliphatic hydroxyl groups excluding tert-OH is 2. The maximum Gasteiger partial charge on any atom is 0.435 e. The van der Waals surface area contributed by atoms with E-state index >= 15 is 0 Å². The van der Waals surface area contributed by atoms with Crippen LogP contribution in [0.15, 0.2) is 24.4 Å². The minimum absolute atomic E-state index is 0.0108. The molecule has 2 heterocycles. The van der Waals surface area contributed by atoms with Gasteiger partial charge in [-0.1, -0.05) is 25.3 Å². The van der Waals surface area contributed by atoms with E-state index in [-0.39, 0.29) is 11.6 Å². The fraction of sp³-hybridized carbons (Fsp3) is 0.556. The fourth-order valence-electron chi connectivity index (χ4n) is 3.69. The van der Waals surface area contributed by atoms with Gasteiger partial charge in [0.15, 0.2) is 5.69 Å². The zero-order valence-corrected chi connectivity index (χ0v) is 14.6. The van der Waals surface area contributed by atoms with Crippen LogP contribution in [-0.4, -0.2) is 44.3 Å². The van der Waals surface area contributed by atoms with Crippen molar-refractivity contribution >= 4 is 11.6 Å². The molecule has 0 radical (unpaired) electrons. The smallest absolute Gasteiger partial charge is 0.394 e. The van der Waals surface area contributed by atoms with Gasteiger partial charge < -0.3 is 15.5 Å². The second-order valence-electron chi connectivity index (χ2n) is 6.89. The van der Waals surface area contributed by atoms with Gasteiger partial charge in [-0.05, 0) is 30.9 Å². The summed E-state index contributed by atoms with van der Waals surface area (Å²) >= 11 is 0. The van der Waals surface area contributed by atoms with Crippen molar-refractivity contribution in [2.24, 2.45) is 5.92 Å². The van der Waals surface area contributed by atoms with Crippen LogP contribution in [0.4, 0.5) is 13.2 Å². The first kappa shape index (κ1) is 19.6. The van der Waals surface area contributed by atoms with Gasteiger partial charge in [-0.3, -0.25) is 9.20 Å². The average Bonchev–Trinajstić information content (AvgIpc) is 3.06. The monoisotopic (exact) mass is 385 g/mol. The zero-order valence-electron chi connectivity index (χ0n) is 14.6. The number of alkyl halides is 3. The Morgan fingerprint density at radius 3 is 2.63 bits per heavy atom. The van der Waals surface area contributed by atoms with Gasteiger partial charge in [0.05, 0.1) is 18.8 Å². The number of aromatic nitrogens is 2. The van der Waals surface area contributed by atoms with Crippen molar-refractivity contribution in [1.82, 2.24) is 14.7 Å². The van der Waals surface area contributed by atoms with Gasteiger partial charge in [-0.15, -0.1) is 0 Å². The highest BCUT2D eigenvalue weighted by Crippen LogP contribution is 2.32. The second-order valence-corrected chi connectivity index (χ2v) is 6.89. The molecule has 0 aromatic carbocycles. The molecule has 3 rings (SSSR count). The largest absolute Gasteiger partial charge is 0.435 e. The summed E-state index contributed by atoms with van der Waals surface area (Å²) in [5, 5.41) is 22.5. The minimum atomic E-state index is -4.81. The van der Waals surface area contributed by atoms with Crippen molar-refractivity contribution < 1.29 is 28.2 Å². The normalized spacial score (nSPS) is 18.4. The highest BCUT2D eigenvalue weighted by atomic mass is 19.4. The highest BCUT2D eigenvalue weighted by molar-refractivity contribution is 5.95. The quantitative estimate of drug-likeness (QED) is 0.738. The fourth-order valence-corrected chi connectivity index (χ4v) is 3.69.